The van der Waals surface area contributed by atoms with Crippen LogP contribution in [-0.2, 0) is 4.79 Å². The Morgan fingerprint density at radius 3 is 2.42 bits per heavy atom. The molecule has 33 heavy (non-hydrogen) atoms. The van der Waals surface area contributed by atoms with Gasteiger partial charge in [-0.05, 0) is 48.5 Å². The summed E-state index contributed by atoms with van der Waals surface area (Å²) in [7, 11) is 0. The smallest absolute Gasteiger partial charge is 0.248 e. The number of hydrogen-bond donors (Lipinski definition) is 1. The summed E-state index contributed by atoms with van der Waals surface area (Å²) in [5.74, 6) is 0.300. The third kappa shape index (κ3) is 5.37. The van der Waals surface area contributed by atoms with Crippen LogP contribution in [0.4, 0.5) is 5.69 Å². The summed E-state index contributed by atoms with van der Waals surface area (Å²) >= 11 is 18.4. The molecule has 0 aliphatic carbocycles. The van der Waals surface area contributed by atoms with Gasteiger partial charge in [-0.3, -0.25) is 9.59 Å². The topological polar surface area (TPSA) is 59.3 Å². The fourth-order valence-corrected chi connectivity index (χ4v) is 3.74. The first kappa shape index (κ1) is 22.9. The molecule has 4 nitrogen and oxygen atoms in total. The zero-order valence-corrected chi connectivity index (χ0v) is 19.3. The van der Waals surface area contributed by atoms with Gasteiger partial charge in [0.15, 0.2) is 5.78 Å². The van der Waals surface area contributed by atoms with Gasteiger partial charge in [0, 0.05) is 27.8 Å². The number of amides is 1. The van der Waals surface area contributed by atoms with E-state index < -0.39 is 5.91 Å². The third-order valence-electron chi connectivity index (χ3n) is 4.76. The number of hydrogen-bond acceptors (Lipinski definition) is 3. The van der Waals surface area contributed by atoms with Gasteiger partial charge in [0.2, 0.25) is 5.91 Å². The fourth-order valence-electron chi connectivity index (χ4n) is 3.17. The van der Waals surface area contributed by atoms with E-state index in [1.807, 2.05) is 6.07 Å². The van der Waals surface area contributed by atoms with Gasteiger partial charge in [-0.15, -0.1) is 0 Å². The van der Waals surface area contributed by atoms with Gasteiger partial charge >= 0.3 is 0 Å². The number of rotatable bonds is 6. The lowest BCUT2D eigenvalue weighted by Gasteiger charge is -2.10. The zero-order valence-electron chi connectivity index (χ0n) is 17.0. The van der Waals surface area contributed by atoms with Gasteiger partial charge in [0.05, 0.1) is 15.7 Å². The number of ketones is 1. The number of anilines is 1. The van der Waals surface area contributed by atoms with Crippen molar-refractivity contribution < 1.29 is 14.0 Å². The number of halogens is 3. The maximum atomic E-state index is 12.9. The van der Waals surface area contributed by atoms with E-state index in [1.165, 1.54) is 18.2 Å². The lowest BCUT2D eigenvalue weighted by Crippen LogP contribution is -2.12. The molecule has 0 aliphatic rings. The van der Waals surface area contributed by atoms with Gasteiger partial charge in [0.1, 0.15) is 11.5 Å². The van der Waals surface area contributed by atoms with Gasteiger partial charge in [-0.25, -0.2) is 0 Å². The number of carbonyl (C=O) groups excluding carboxylic acids is 2. The Bertz CT molecular complexity index is 1360. The maximum absolute atomic E-state index is 12.9. The Morgan fingerprint density at radius 2 is 1.64 bits per heavy atom. The van der Waals surface area contributed by atoms with E-state index in [0.29, 0.717) is 49.0 Å². The number of carbonyl (C=O) groups is 2. The van der Waals surface area contributed by atoms with Crippen LogP contribution >= 0.6 is 34.8 Å². The molecule has 1 aromatic heterocycles. The van der Waals surface area contributed by atoms with Gasteiger partial charge in [0.25, 0.3) is 0 Å². The molecule has 164 valence electrons. The molecule has 0 saturated heterocycles. The van der Waals surface area contributed by atoms with Gasteiger partial charge in [-0.1, -0.05) is 71.2 Å². The van der Waals surface area contributed by atoms with Crippen LogP contribution < -0.4 is 5.32 Å². The van der Waals surface area contributed by atoms with Crippen LogP contribution in [0.25, 0.3) is 17.4 Å². The van der Waals surface area contributed by atoms with E-state index in [4.69, 9.17) is 39.2 Å². The lowest BCUT2D eigenvalue weighted by molar-refractivity contribution is -0.111. The van der Waals surface area contributed by atoms with E-state index >= 15 is 0 Å². The predicted molar refractivity (Wildman–Crippen MR) is 133 cm³/mol. The summed E-state index contributed by atoms with van der Waals surface area (Å²) < 4.78 is 5.76. The zero-order chi connectivity index (χ0) is 23.4. The Balaban J connectivity index is 1.51. The van der Waals surface area contributed by atoms with Crippen LogP contribution in [0.3, 0.4) is 0 Å². The quantitative estimate of drug-likeness (QED) is 0.219. The standard InChI is InChI=1S/C26H16Cl3NO3/c27-17-9-12-22(20(15-17)26(32)16-5-2-1-3-6-16)30-24(31)14-11-18-10-13-23(33-18)19-7-4-8-21(28)25(19)29/h1-15H,(H,30,31). The molecule has 0 bridgehead atoms. The highest BCUT2D eigenvalue weighted by atomic mass is 35.5. The molecule has 0 spiro atoms. The van der Waals surface area contributed by atoms with Crippen molar-refractivity contribution >= 4 is 58.3 Å². The van der Waals surface area contributed by atoms with E-state index in [1.54, 1.807) is 66.7 Å². The summed E-state index contributed by atoms with van der Waals surface area (Å²) in [6.07, 6.45) is 2.83. The minimum Gasteiger partial charge on any atom is -0.457 e. The van der Waals surface area contributed by atoms with Crippen molar-refractivity contribution in [1.82, 2.24) is 0 Å². The molecule has 0 saturated carbocycles. The summed E-state index contributed by atoms with van der Waals surface area (Å²) in [5.41, 5.74) is 1.80. The number of nitrogens with one attached hydrogen (secondary N) is 1. The van der Waals surface area contributed by atoms with Crippen molar-refractivity contribution in [2.24, 2.45) is 0 Å². The van der Waals surface area contributed by atoms with E-state index in [0.717, 1.165) is 0 Å². The molecule has 3 aromatic carbocycles. The average Bonchev–Trinajstić information content (AvgIpc) is 3.29. The number of furan rings is 1. The molecule has 4 rings (SSSR count). The normalized spacial score (nSPS) is 11.0. The largest absolute Gasteiger partial charge is 0.457 e. The summed E-state index contributed by atoms with van der Waals surface area (Å²) in [6, 6.07) is 22.2. The second-order valence-corrected chi connectivity index (χ2v) is 8.23. The highest BCUT2D eigenvalue weighted by molar-refractivity contribution is 6.43. The molecular weight excluding hydrogens is 481 g/mol. The molecule has 1 heterocycles. The van der Waals surface area contributed by atoms with E-state index in [9.17, 15) is 9.59 Å². The molecular formula is C26H16Cl3NO3. The average molecular weight is 497 g/mol. The Kier molecular flexibility index (Phi) is 6.99. The molecule has 1 N–H and O–H groups in total. The molecule has 0 aliphatic heterocycles. The molecule has 0 fully saturated rings. The molecule has 1 amide bonds. The first-order chi connectivity index (χ1) is 15.9. The molecule has 7 heteroatoms. The third-order valence-corrected chi connectivity index (χ3v) is 5.82. The summed E-state index contributed by atoms with van der Waals surface area (Å²) in [5, 5.41) is 3.93. The first-order valence-corrected chi connectivity index (χ1v) is 11.0. The van der Waals surface area contributed by atoms with Gasteiger partial charge in [-0.2, -0.15) is 0 Å². The van der Waals surface area contributed by atoms with Gasteiger partial charge < -0.3 is 9.73 Å². The number of benzene rings is 3. The summed E-state index contributed by atoms with van der Waals surface area (Å²) in [4.78, 5) is 25.4. The van der Waals surface area contributed by atoms with Crippen molar-refractivity contribution in [3.63, 3.8) is 0 Å². The molecule has 0 atom stereocenters. The van der Waals surface area contributed by atoms with E-state index in [-0.39, 0.29) is 5.78 Å². The molecule has 4 aromatic rings. The molecule has 0 radical (unpaired) electrons. The first-order valence-electron chi connectivity index (χ1n) is 9.85. The van der Waals surface area contributed by atoms with Crippen LogP contribution in [0.2, 0.25) is 15.1 Å². The van der Waals surface area contributed by atoms with Crippen molar-refractivity contribution in [3.8, 4) is 11.3 Å². The van der Waals surface area contributed by atoms with Crippen molar-refractivity contribution in [2.75, 3.05) is 5.32 Å². The molecule has 0 unspecified atom stereocenters. The van der Waals surface area contributed by atoms with Crippen molar-refractivity contribution in [3.05, 3.63) is 117 Å². The Morgan fingerprint density at radius 1 is 0.848 bits per heavy atom. The lowest BCUT2D eigenvalue weighted by atomic mass is 10.0. The van der Waals surface area contributed by atoms with Crippen LogP contribution in [0.15, 0.2) is 89.4 Å². The maximum Gasteiger partial charge on any atom is 0.248 e. The van der Waals surface area contributed by atoms with Crippen LogP contribution in [0.5, 0.6) is 0 Å². The second kappa shape index (κ2) is 10.1. The van der Waals surface area contributed by atoms with Crippen LogP contribution in [0.1, 0.15) is 21.7 Å². The summed E-state index contributed by atoms with van der Waals surface area (Å²) in [6.45, 7) is 0. The second-order valence-electron chi connectivity index (χ2n) is 7.01. The minimum absolute atomic E-state index is 0.244. The highest BCUT2D eigenvalue weighted by Gasteiger charge is 2.16. The SMILES string of the molecule is O=C(C=Cc1ccc(-c2cccc(Cl)c2Cl)o1)Nc1ccc(Cl)cc1C(=O)c1ccccc1. The predicted octanol–water partition coefficient (Wildman–Crippen LogP) is 7.79. The minimum atomic E-state index is -0.432. The monoisotopic (exact) mass is 495 g/mol. The van der Waals surface area contributed by atoms with Crippen molar-refractivity contribution in [1.29, 1.82) is 0 Å². The van der Waals surface area contributed by atoms with Crippen LogP contribution in [0, 0.1) is 0 Å². The highest BCUT2D eigenvalue weighted by Crippen LogP contribution is 2.34. The Labute approximate surface area is 205 Å². The van der Waals surface area contributed by atoms with Crippen molar-refractivity contribution in [2.45, 2.75) is 0 Å². The fraction of sp³-hybridized carbons (Fsp3) is 0. The van der Waals surface area contributed by atoms with E-state index in [2.05, 4.69) is 5.32 Å². The Hall–Kier alpha value is -3.31. The van der Waals surface area contributed by atoms with Crippen LogP contribution in [-0.4, -0.2) is 11.7 Å².